The first kappa shape index (κ1) is 9.77. The van der Waals surface area contributed by atoms with Crippen molar-refractivity contribution in [3.63, 3.8) is 0 Å². The highest BCUT2D eigenvalue weighted by atomic mass is 35.5. The number of nitrogens with zero attached hydrogens (tertiary/aromatic N) is 1. The summed E-state index contributed by atoms with van der Waals surface area (Å²) < 4.78 is 0. The number of nitrogens with two attached hydrogens (primary N) is 1. The van der Waals surface area contributed by atoms with E-state index in [1.54, 1.807) is 5.38 Å². The van der Waals surface area contributed by atoms with Crippen LogP contribution >= 0.6 is 22.9 Å². The van der Waals surface area contributed by atoms with Gasteiger partial charge in [0.1, 0.15) is 5.15 Å². The molecule has 0 amide bonds. The molecule has 0 saturated carbocycles. The Labute approximate surface area is 80.9 Å². The third-order valence-corrected chi connectivity index (χ3v) is 2.71. The predicted molar refractivity (Wildman–Crippen MR) is 53.9 cm³/mol. The second-order valence-electron chi connectivity index (χ2n) is 2.77. The van der Waals surface area contributed by atoms with E-state index in [2.05, 4.69) is 10.3 Å². The fraction of sp³-hybridized carbons (Fsp3) is 0.571. The standard InChI is InChI=1S/C7H12ClN3S/c1-4(9)5(2)10-7-11-6(8)3-12-7/h3-5H,9H2,1-2H3,(H,10,11). The predicted octanol–water partition coefficient (Wildman–Crippen LogP) is 1.94. The lowest BCUT2D eigenvalue weighted by Crippen LogP contribution is -2.35. The molecule has 0 aliphatic rings. The third kappa shape index (κ3) is 2.62. The largest absolute Gasteiger partial charge is 0.357 e. The molecule has 1 aromatic rings. The molecule has 2 atom stereocenters. The second kappa shape index (κ2) is 4.07. The van der Waals surface area contributed by atoms with Crippen LogP contribution in [-0.4, -0.2) is 17.1 Å². The van der Waals surface area contributed by atoms with Gasteiger partial charge in [0.05, 0.1) is 0 Å². The molecule has 3 nitrogen and oxygen atoms in total. The normalized spacial score (nSPS) is 15.7. The van der Waals surface area contributed by atoms with Crippen LogP contribution in [0.1, 0.15) is 13.8 Å². The quantitative estimate of drug-likeness (QED) is 0.793. The zero-order chi connectivity index (χ0) is 9.14. The van der Waals surface area contributed by atoms with Crippen molar-refractivity contribution in [2.24, 2.45) is 5.73 Å². The van der Waals surface area contributed by atoms with Crippen LogP contribution in [0.3, 0.4) is 0 Å². The van der Waals surface area contributed by atoms with E-state index in [0.29, 0.717) is 5.15 Å². The lowest BCUT2D eigenvalue weighted by Gasteiger charge is -2.15. The van der Waals surface area contributed by atoms with Gasteiger partial charge < -0.3 is 11.1 Å². The van der Waals surface area contributed by atoms with Gasteiger partial charge in [-0.05, 0) is 13.8 Å². The van der Waals surface area contributed by atoms with E-state index in [9.17, 15) is 0 Å². The fourth-order valence-electron chi connectivity index (χ4n) is 0.647. The van der Waals surface area contributed by atoms with Crippen molar-refractivity contribution < 1.29 is 0 Å². The molecule has 1 aromatic heterocycles. The summed E-state index contributed by atoms with van der Waals surface area (Å²) in [7, 11) is 0. The lowest BCUT2D eigenvalue weighted by atomic mass is 10.2. The summed E-state index contributed by atoms with van der Waals surface area (Å²) in [6.45, 7) is 3.97. The summed E-state index contributed by atoms with van der Waals surface area (Å²) >= 11 is 7.14. The Morgan fingerprint density at radius 1 is 1.67 bits per heavy atom. The summed E-state index contributed by atoms with van der Waals surface area (Å²) in [6, 6.07) is 0.319. The van der Waals surface area contributed by atoms with E-state index in [1.165, 1.54) is 11.3 Å². The van der Waals surface area contributed by atoms with Gasteiger partial charge in [0, 0.05) is 17.5 Å². The molecule has 0 spiro atoms. The molecule has 1 rings (SSSR count). The van der Waals surface area contributed by atoms with Crippen molar-refractivity contribution in [1.82, 2.24) is 4.98 Å². The zero-order valence-electron chi connectivity index (χ0n) is 7.04. The Hall–Kier alpha value is -0.320. The van der Waals surface area contributed by atoms with Gasteiger partial charge in [0.25, 0.3) is 0 Å². The van der Waals surface area contributed by atoms with Gasteiger partial charge in [0.2, 0.25) is 0 Å². The molecule has 68 valence electrons. The van der Waals surface area contributed by atoms with Gasteiger partial charge in [-0.3, -0.25) is 0 Å². The molecule has 0 aliphatic carbocycles. The average molecular weight is 206 g/mol. The highest BCUT2D eigenvalue weighted by Gasteiger charge is 2.08. The maximum atomic E-state index is 5.67. The molecule has 0 aliphatic heterocycles. The number of nitrogens with one attached hydrogen (secondary N) is 1. The SMILES string of the molecule is CC(N)C(C)Nc1nc(Cl)cs1. The van der Waals surface area contributed by atoms with Gasteiger partial charge in [-0.25, -0.2) is 4.98 Å². The minimum Gasteiger partial charge on any atom is -0.357 e. The first-order valence-corrected chi connectivity index (χ1v) is 4.98. The van der Waals surface area contributed by atoms with Crippen LogP contribution in [0.15, 0.2) is 5.38 Å². The van der Waals surface area contributed by atoms with Crippen LogP contribution in [0.25, 0.3) is 0 Å². The summed E-state index contributed by atoms with van der Waals surface area (Å²) in [5.74, 6) is 0. The summed E-state index contributed by atoms with van der Waals surface area (Å²) in [4.78, 5) is 4.05. The number of hydrogen-bond donors (Lipinski definition) is 2. The van der Waals surface area contributed by atoms with Crippen molar-refractivity contribution in [3.05, 3.63) is 10.5 Å². The molecule has 3 N–H and O–H groups in total. The first-order valence-electron chi connectivity index (χ1n) is 3.72. The molecule has 0 fully saturated rings. The molecule has 0 aromatic carbocycles. The van der Waals surface area contributed by atoms with E-state index in [-0.39, 0.29) is 12.1 Å². The Balaban J connectivity index is 2.52. The van der Waals surface area contributed by atoms with Gasteiger partial charge >= 0.3 is 0 Å². The summed E-state index contributed by atoms with van der Waals surface area (Å²) in [5.41, 5.74) is 5.67. The van der Waals surface area contributed by atoms with Crippen LogP contribution in [0.5, 0.6) is 0 Å². The van der Waals surface area contributed by atoms with E-state index in [0.717, 1.165) is 5.13 Å². The van der Waals surface area contributed by atoms with Crippen LogP contribution < -0.4 is 11.1 Å². The minimum atomic E-state index is 0.104. The monoisotopic (exact) mass is 205 g/mol. The molecule has 0 radical (unpaired) electrons. The molecular formula is C7H12ClN3S. The van der Waals surface area contributed by atoms with Gasteiger partial charge in [-0.15, -0.1) is 11.3 Å². The molecule has 2 unspecified atom stereocenters. The number of rotatable bonds is 3. The Morgan fingerprint density at radius 3 is 2.75 bits per heavy atom. The molecule has 12 heavy (non-hydrogen) atoms. The van der Waals surface area contributed by atoms with Gasteiger partial charge in [0.15, 0.2) is 5.13 Å². The van der Waals surface area contributed by atoms with Gasteiger partial charge in [-0.2, -0.15) is 0 Å². The Morgan fingerprint density at radius 2 is 2.33 bits per heavy atom. The Bertz CT molecular complexity index is 249. The van der Waals surface area contributed by atoms with Crippen LogP contribution in [-0.2, 0) is 0 Å². The van der Waals surface area contributed by atoms with Crippen molar-refractivity contribution in [2.75, 3.05) is 5.32 Å². The molecular weight excluding hydrogens is 194 g/mol. The van der Waals surface area contributed by atoms with Gasteiger partial charge in [-0.1, -0.05) is 11.6 Å². The number of halogens is 1. The topological polar surface area (TPSA) is 50.9 Å². The van der Waals surface area contributed by atoms with Crippen LogP contribution in [0, 0.1) is 0 Å². The lowest BCUT2D eigenvalue weighted by molar-refractivity contribution is 0.638. The third-order valence-electron chi connectivity index (χ3n) is 1.62. The van der Waals surface area contributed by atoms with E-state index < -0.39 is 0 Å². The van der Waals surface area contributed by atoms with E-state index >= 15 is 0 Å². The average Bonchev–Trinajstić information content (AvgIpc) is 2.35. The summed E-state index contributed by atoms with van der Waals surface area (Å²) in [6.07, 6.45) is 0. The maximum absolute atomic E-state index is 5.67. The van der Waals surface area contributed by atoms with E-state index in [4.69, 9.17) is 17.3 Å². The van der Waals surface area contributed by atoms with Crippen LogP contribution in [0.2, 0.25) is 5.15 Å². The maximum Gasteiger partial charge on any atom is 0.184 e. The smallest absolute Gasteiger partial charge is 0.184 e. The highest BCUT2D eigenvalue weighted by molar-refractivity contribution is 7.14. The molecule has 5 heteroatoms. The number of anilines is 1. The van der Waals surface area contributed by atoms with Crippen molar-refractivity contribution in [3.8, 4) is 0 Å². The molecule has 1 heterocycles. The molecule has 0 saturated heterocycles. The second-order valence-corrected chi connectivity index (χ2v) is 4.01. The number of thiazole rings is 1. The minimum absolute atomic E-state index is 0.104. The zero-order valence-corrected chi connectivity index (χ0v) is 8.62. The van der Waals surface area contributed by atoms with E-state index in [1.807, 2.05) is 13.8 Å². The van der Waals surface area contributed by atoms with Crippen LogP contribution in [0.4, 0.5) is 5.13 Å². The number of aromatic nitrogens is 1. The van der Waals surface area contributed by atoms with Crippen molar-refractivity contribution >= 4 is 28.1 Å². The Kier molecular flexibility index (Phi) is 3.31. The first-order chi connectivity index (χ1) is 5.59. The van der Waals surface area contributed by atoms with Crippen molar-refractivity contribution in [1.29, 1.82) is 0 Å². The number of hydrogen-bond acceptors (Lipinski definition) is 4. The highest BCUT2D eigenvalue weighted by Crippen LogP contribution is 2.19. The fourth-order valence-corrected chi connectivity index (χ4v) is 1.58. The summed E-state index contributed by atoms with van der Waals surface area (Å²) in [5, 5.41) is 6.30. The van der Waals surface area contributed by atoms with Crippen molar-refractivity contribution in [2.45, 2.75) is 25.9 Å². The molecule has 0 bridgehead atoms.